The molecule has 0 bridgehead atoms. The molecule has 1 aromatic carbocycles. The fraction of sp³-hybridized carbons (Fsp3) is 0.600. The van der Waals surface area contributed by atoms with E-state index in [1.54, 1.807) is 0 Å². The molecule has 0 spiro atoms. The minimum absolute atomic E-state index is 0.411. The van der Waals surface area contributed by atoms with Crippen molar-refractivity contribution in [2.75, 3.05) is 13.1 Å². The van der Waals surface area contributed by atoms with Crippen molar-refractivity contribution in [3.8, 4) is 0 Å². The predicted molar refractivity (Wildman–Crippen MR) is 69.7 cm³/mol. The van der Waals surface area contributed by atoms with Crippen LogP contribution in [0.2, 0.25) is 0 Å². The van der Waals surface area contributed by atoms with E-state index in [0.717, 1.165) is 13.1 Å². The largest absolute Gasteiger partial charge is 0.315 e. The Hall–Kier alpha value is -0.820. The number of hydrogen-bond acceptors (Lipinski definition) is 1. The minimum Gasteiger partial charge on any atom is -0.315 e. The first-order valence-electron chi connectivity index (χ1n) is 6.28. The van der Waals surface area contributed by atoms with Gasteiger partial charge in [0.2, 0.25) is 0 Å². The van der Waals surface area contributed by atoms with Crippen LogP contribution in [-0.2, 0) is 5.41 Å². The zero-order valence-electron chi connectivity index (χ0n) is 10.7. The molecule has 16 heavy (non-hydrogen) atoms. The van der Waals surface area contributed by atoms with Crippen LogP contribution in [-0.4, -0.2) is 13.1 Å². The Bertz CT molecular complexity index is 330. The van der Waals surface area contributed by atoms with Crippen molar-refractivity contribution in [1.82, 2.24) is 5.32 Å². The molecule has 1 nitrogen and oxygen atoms in total. The molecule has 1 N–H and O–H groups in total. The van der Waals surface area contributed by atoms with Gasteiger partial charge in [0.25, 0.3) is 0 Å². The molecule has 0 saturated carbocycles. The van der Waals surface area contributed by atoms with Gasteiger partial charge in [-0.15, -0.1) is 0 Å². The molecule has 0 amide bonds. The van der Waals surface area contributed by atoms with Crippen molar-refractivity contribution in [2.45, 2.75) is 39.0 Å². The highest BCUT2D eigenvalue weighted by molar-refractivity contribution is 5.29. The average Bonchev–Trinajstić information content (AvgIpc) is 2.16. The molecule has 2 rings (SSSR count). The van der Waals surface area contributed by atoms with Crippen LogP contribution in [0.5, 0.6) is 0 Å². The first-order valence-corrected chi connectivity index (χ1v) is 6.28. The third kappa shape index (κ3) is 2.46. The summed E-state index contributed by atoms with van der Waals surface area (Å²) in [5.74, 6) is 0. The first kappa shape index (κ1) is 11.7. The molecule has 0 aliphatic carbocycles. The van der Waals surface area contributed by atoms with Crippen molar-refractivity contribution in [2.24, 2.45) is 5.41 Å². The van der Waals surface area contributed by atoms with E-state index in [0.29, 0.717) is 10.8 Å². The third-order valence-corrected chi connectivity index (χ3v) is 3.67. The zero-order valence-corrected chi connectivity index (χ0v) is 10.7. The Morgan fingerprint density at radius 2 is 1.75 bits per heavy atom. The van der Waals surface area contributed by atoms with Crippen LogP contribution in [0.15, 0.2) is 30.3 Å². The molecule has 0 aromatic heterocycles. The van der Waals surface area contributed by atoms with Crippen LogP contribution in [0.1, 0.15) is 39.2 Å². The van der Waals surface area contributed by atoms with Gasteiger partial charge in [0, 0.05) is 18.5 Å². The molecule has 88 valence electrons. The van der Waals surface area contributed by atoms with Crippen LogP contribution in [0.4, 0.5) is 0 Å². The summed E-state index contributed by atoms with van der Waals surface area (Å²) < 4.78 is 0. The highest BCUT2D eigenvalue weighted by Gasteiger charge is 2.38. The van der Waals surface area contributed by atoms with Gasteiger partial charge in [-0.1, -0.05) is 51.1 Å². The summed E-state index contributed by atoms with van der Waals surface area (Å²) in [6, 6.07) is 11.0. The molecule has 0 unspecified atom stereocenters. The van der Waals surface area contributed by atoms with Gasteiger partial charge in [0.05, 0.1) is 0 Å². The Kier molecular flexibility index (Phi) is 3.07. The second kappa shape index (κ2) is 4.21. The van der Waals surface area contributed by atoms with E-state index in [1.807, 2.05) is 0 Å². The second-order valence-corrected chi connectivity index (χ2v) is 6.31. The molecule has 0 atom stereocenters. The van der Waals surface area contributed by atoms with Gasteiger partial charge in [-0.25, -0.2) is 0 Å². The zero-order chi connectivity index (χ0) is 11.6. The molecule has 1 heterocycles. The number of nitrogens with one attached hydrogen (secondary N) is 1. The molecule has 1 heteroatoms. The lowest BCUT2D eigenvalue weighted by Gasteiger charge is -2.44. The van der Waals surface area contributed by atoms with Gasteiger partial charge in [-0.2, -0.15) is 0 Å². The predicted octanol–water partition coefficient (Wildman–Crippen LogP) is 3.35. The average molecular weight is 217 g/mol. The Balaban J connectivity index is 2.09. The Morgan fingerprint density at radius 3 is 2.19 bits per heavy atom. The van der Waals surface area contributed by atoms with Crippen LogP contribution in [0.3, 0.4) is 0 Å². The SMILES string of the molecule is CC(C)(C)CCC1(c2ccccc2)CNC1. The van der Waals surface area contributed by atoms with E-state index in [4.69, 9.17) is 0 Å². The molecule has 0 radical (unpaired) electrons. The monoisotopic (exact) mass is 217 g/mol. The van der Waals surface area contributed by atoms with Crippen LogP contribution < -0.4 is 5.32 Å². The van der Waals surface area contributed by atoms with Gasteiger partial charge in [0.1, 0.15) is 0 Å². The van der Waals surface area contributed by atoms with Crippen molar-refractivity contribution < 1.29 is 0 Å². The maximum Gasteiger partial charge on any atom is 0.0202 e. The smallest absolute Gasteiger partial charge is 0.0202 e. The second-order valence-electron chi connectivity index (χ2n) is 6.31. The molecule has 1 fully saturated rings. The molecule has 1 aromatic rings. The maximum atomic E-state index is 3.44. The van der Waals surface area contributed by atoms with Gasteiger partial charge in [-0.3, -0.25) is 0 Å². The van der Waals surface area contributed by atoms with Crippen molar-refractivity contribution in [1.29, 1.82) is 0 Å². The third-order valence-electron chi connectivity index (χ3n) is 3.67. The highest BCUT2D eigenvalue weighted by atomic mass is 15.0. The summed E-state index contributed by atoms with van der Waals surface area (Å²) in [5, 5.41) is 3.44. The van der Waals surface area contributed by atoms with Gasteiger partial charge < -0.3 is 5.32 Å². The van der Waals surface area contributed by atoms with Crippen molar-refractivity contribution in [3.05, 3.63) is 35.9 Å². The van der Waals surface area contributed by atoms with Crippen molar-refractivity contribution >= 4 is 0 Å². The lowest BCUT2D eigenvalue weighted by molar-refractivity contribution is 0.216. The van der Waals surface area contributed by atoms with Crippen LogP contribution >= 0.6 is 0 Å². The summed E-state index contributed by atoms with van der Waals surface area (Å²) >= 11 is 0. The maximum absolute atomic E-state index is 3.44. The lowest BCUT2D eigenvalue weighted by Crippen LogP contribution is -2.57. The normalized spacial score (nSPS) is 19.2. The summed E-state index contributed by atoms with van der Waals surface area (Å²) in [4.78, 5) is 0. The van der Waals surface area contributed by atoms with Gasteiger partial charge in [0.15, 0.2) is 0 Å². The van der Waals surface area contributed by atoms with E-state index < -0.39 is 0 Å². The standard InChI is InChI=1S/C15H23N/c1-14(2,3)9-10-15(11-16-12-15)13-7-5-4-6-8-13/h4-8,16H,9-12H2,1-3H3. The quantitative estimate of drug-likeness (QED) is 0.818. The summed E-state index contributed by atoms with van der Waals surface area (Å²) in [6.07, 6.45) is 2.59. The molecule has 1 saturated heterocycles. The highest BCUT2D eigenvalue weighted by Crippen LogP contribution is 2.36. The Labute approximate surface area is 99.3 Å². The Morgan fingerprint density at radius 1 is 1.12 bits per heavy atom. The summed E-state index contributed by atoms with van der Waals surface area (Å²) in [7, 11) is 0. The fourth-order valence-corrected chi connectivity index (χ4v) is 2.36. The molecular formula is C15H23N. The first-order chi connectivity index (χ1) is 7.52. The molecule has 1 aliphatic rings. The number of rotatable bonds is 3. The van der Waals surface area contributed by atoms with E-state index in [2.05, 4.69) is 56.4 Å². The van der Waals surface area contributed by atoms with E-state index in [-0.39, 0.29) is 0 Å². The van der Waals surface area contributed by atoms with Crippen LogP contribution in [0.25, 0.3) is 0 Å². The summed E-state index contributed by atoms with van der Waals surface area (Å²) in [5.41, 5.74) is 2.37. The van der Waals surface area contributed by atoms with E-state index in [9.17, 15) is 0 Å². The molecule has 1 aliphatic heterocycles. The lowest BCUT2D eigenvalue weighted by atomic mass is 9.69. The minimum atomic E-state index is 0.411. The topological polar surface area (TPSA) is 12.0 Å². The van der Waals surface area contributed by atoms with Crippen LogP contribution in [0, 0.1) is 5.41 Å². The number of hydrogen-bond donors (Lipinski definition) is 1. The fourth-order valence-electron chi connectivity index (χ4n) is 2.36. The molecular weight excluding hydrogens is 194 g/mol. The van der Waals surface area contributed by atoms with Gasteiger partial charge in [-0.05, 0) is 23.8 Å². The van der Waals surface area contributed by atoms with E-state index >= 15 is 0 Å². The number of benzene rings is 1. The van der Waals surface area contributed by atoms with Gasteiger partial charge >= 0.3 is 0 Å². The summed E-state index contributed by atoms with van der Waals surface area (Å²) in [6.45, 7) is 9.29. The van der Waals surface area contributed by atoms with E-state index in [1.165, 1.54) is 18.4 Å². The van der Waals surface area contributed by atoms with Crippen molar-refractivity contribution in [3.63, 3.8) is 0 Å².